The number of hydrogen-bond acceptors (Lipinski definition) is 2. The second kappa shape index (κ2) is 6.43. The third-order valence-corrected chi connectivity index (χ3v) is 2.56. The van der Waals surface area contributed by atoms with E-state index in [2.05, 4.69) is 20.8 Å². The van der Waals surface area contributed by atoms with Crippen molar-refractivity contribution in [2.45, 2.75) is 40.0 Å². The Labute approximate surface area is 104 Å². The molecule has 0 amide bonds. The van der Waals surface area contributed by atoms with Crippen LogP contribution in [0.3, 0.4) is 0 Å². The number of hydrogen-bond donors (Lipinski definition) is 0. The molecular formula is C15H22O2. The molecule has 0 unspecified atom stereocenters. The first-order chi connectivity index (χ1) is 7.99. The third kappa shape index (κ3) is 6.10. The van der Waals surface area contributed by atoms with E-state index in [4.69, 9.17) is 4.74 Å². The van der Waals surface area contributed by atoms with Crippen molar-refractivity contribution in [2.75, 3.05) is 6.61 Å². The summed E-state index contributed by atoms with van der Waals surface area (Å²) in [6.07, 6.45) is 3.21. The quantitative estimate of drug-likeness (QED) is 0.567. The van der Waals surface area contributed by atoms with Crippen molar-refractivity contribution >= 4 is 5.97 Å². The van der Waals surface area contributed by atoms with E-state index in [-0.39, 0.29) is 5.97 Å². The lowest BCUT2D eigenvalue weighted by atomic mass is 9.90. The van der Waals surface area contributed by atoms with Crippen molar-refractivity contribution in [3.05, 3.63) is 35.9 Å². The molecule has 1 aromatic rings. The van der Waals surface area contributed by atoms with Crippen LogP contribution in [0.25, 0.3) is 0 Å². The summed E-state index contributed by atoms with van der Waals surface area (Å²) in [6, 6.07) is 9.13. The number of unbranched alkanes of at least 4 members (excludes halogenated alkanes) is 1. The normalized spacial score (nSPS) is 11.2. The topological polar surface area (TPSA) is 26.3 Å². The summed E-state index contributed by atoms with van der Waals surface area (Å²) in [5, 5.41) is 0. The van der Waals surface area contributed by atoms with E-state index in [1.54, 1.807) is 12.1 Å². The average molecular weight is 234 g/mol. The van der Waals surface area contributed by atoms with Gasteiger partial charge in [-0.3, -0.25) is 0 Å². The molecule has 17 heavy (non-hydrogen) atoms. The zero-order valence-electron chi connectivity index (χ0n) is 11.0. The lowest BCUT2D eigenvalue weighted by molar-refractivity contribution is 0.0495. The van der Waals surface area contributed by atoms with Gasteiger partial charge in [-0.05, 0) is 36.8 Å². The van der Waals surface area contributed by atoms with Crippen LogP contribution in [0.15, 0.2) is 30.3 Å². The summed E-state index contributed by atoms with van der Waals surface area (Å²) in [5.41, 5.74) is 0.993. The Hall–Kier alpha value is -1.31. The summed E-state index contributed by atoms with van der Waals surface area (Å²) in [5.74, 6) is -0.221. The molecule has 0 fully saturated rings. The van der Waals surface area contributed by atoms with Gasteiger partial charge >= 0.3 is 5.97 Å². The van der Waals surface area contributed by atoms with Gasteiger partial charge in [-0.1, -0.05) is 39.0 Å². The molecule has 0 aliphatic heterocycles. The fraction of sp³-hybridized carbons (Fsp3) is 0.533. The first-order valence-electron chi connectivity index (χ1n) is 6.21. The fourth-order valence-corrected chi connectivity index (χ4v) is 1.58. The van der Waals surface area contributed by atoms with E-state index >= 15 is 0 Å². The van der Waals surface area contributed by atoms with Gasteiger partial charge in [0.2, 0.25) is 0 Å². The lowest BCUT2D eigenvalue weighted by Crippen LogP contribution is -2.08. The first-order valence-corrected chi connectivity index (χ1v) is 6.21. The maximum atomic E-state index is 11.6. The van der Waals surface area contributed by atoms with Crippen LogP contribution >= 0.6 is 0 Å². The zero-order chi connectivity index (χ0) is 12.7. The second-order valence-electron chi connectivity index (χ2n) is 5.52. The van der Waals surface area contributed by atoms with Gasteiger partial charge < -0.3 is 4.74 Å². The van der Waals surface area contributed by atoms with E-state index < -0.39 is 0 Å². The highest BCUT2D eigenvalue weighted by Gasteiger charge is 2.10. The SMILES string of the molecule is CC(C)(C)CCCCOC(=O)c1ccccc1. The van der Waals surface area contributed by atoms with Crippen LogP contribution in [0, 0.1) is 5.41 Å². The molecular weight excluding hydrogens is 212 g/mol. The summed E-state index contributed by atoms with van der Waals surface area (Å²) in [7, 11) is 0. The van der Waals surface area contributed by atoms with Crippen LogP contribution in [0.1, 0.15) is 50.4 Å². The molecule has 0 bridgehead atoms. The molecule has 2 heteroatoms. The molecule has 0 spiro atoms. The number of rotatable bonds is 5. The number of carbonyl (C=O) groups excluding carboxylic acids is 1. The summed E-state index contributed by atoms with van der Waals surface area (Å²) in [6.45, 7) is 7.19. The van der Waals surface area contributed by atoms with Gasteiger partial charge in [-0.25, -0.2) is 4.79 Å². The molecule has 1 rings (SSSR count). The van der Waals surface area contributed by atoms with Gasteiger partial charge in [-0.2, -0.15) is 0 Å². The first kappa shape index (κ1) is 13.8. The van der Waals surface area contributed by atoms with Gasteiger partial charge in [0.1, 0.15) is 0 Å². The summed E-state index contributed by atoms with van der Waals surface area (Å²) in [4.78, 5) is 11.6. The molecule has 0 radical (unpaired) electrons. The molecule has 0 saturated heterocycles. The Morgan fingerprint density at radius 1 is 1.12 bits per heavy atom. The Morgan fingerprint density at radius 3 is 2.35 bits per heavy atom. The second-order valence-corrected chi connectivity index (χ2v) is 5.52. The standard InChI is InChI=1S/C15H22O2/c1-15(2,3)11-7-8-12-17-14(16)13-9-5-4-6-10-13/h4-6,9-10H,7-8,11-12H2,1-3H3. The monoisotopic (exact) mass is 234 g/mol. The van der Waals surface area contributed by atoms with E-state index in [0.29, 0.717) is 17.6 Å². The molecule has 1 aromatic carbocycles. The van der Waals surface area contributed by atoms with Crippen molar-refractivity contribution in [3.8, 4) is 0 Å². The minimum atomic E-state index is -0.221. The van der Waals surface area contributed by atoms with E-state index in [9.17, 15) is 4.79 Å². The Bertz CT molecular complexity index is 336. The number of ether oxygens (including phenoxy) is 1. The maximum Gasteiger partial charge on any atom is 0.338 e. The molecule has 0 aliphatic rings. The van der Waals surface area contributed by atoms with Crippen LogP contribution in [-0.4, -0.2) is 12.6 Å². The zero-order valence-corrected chi connectivity index (χ0v) is 11.0. The highest BCUT2D eigenvalue weighted by Crippen LogP contribution is 2.21. The lowest BCUT2D eigenvalue weighted by Gasteiger charge is -2.17. The van der Waals surface area contributed by atoms with Gasteiger partial charge in [-0.15, -0.1) is 0 Å². The van der Waals surface area contributed by atoms with Gasteiger partial charge in [0.15, 0.2) is 0 Å². The molecule has 2 nitrogen and oxygen atoms in total. The van der Waals surface area contributed by atoms with Crippen LogP contribution in [0.4, 0.5) is 0 Å². The highest BCUT2D eigenvalue weighted by molar-refractivity contribution is 5.89. The average Bonchev–Trinajstić information content (AvgIpc) is 2.28. The number of benzene rings is 1. The maximum absolute atomic E-state index is 11.6. The van der Waals surface area contributed by atoms with E-state index in [1.165, 1.54) is 0 Å². The number of carbonyl (C=O) groups is 1. The molecule has 94 valence electrons. The molecule has 0 atom stereocenters. The van der Waals surface area contributed by atoms with Crippen molar-refractivity contribution in [1.29, 1.82) is 0 Å². The molecule has 0 heterocycles. The van der Waals surface area contributed by atoms with Crippen molar-refractivity contribution < 1.29 is 9.53 Å². The van der Waals surface area contributed by atoms with Crippen molar-refractivity contribution in [3.63, 3.8) is 0 Å². The van der Waals surface area contributed by atoms with Crippen LogP contribution in [0.5, 0.6) is 0 Å². The Morgan fingerprint density at radius 2 is 1.76 bits per heavy atom. The van der Waals surface area contributed by atoms with Crippen LogP contribution in [0.2, 0.25) is 0 Å². The third-order valence-electron chi connectivity index (χ3n) is 2.56. The summed E-state index contributed by atoms with van der Waals surface area (Å²) < 4.78 is 5.20. The largest absolute Gasteiger partial charge is 0.462 e. The Balaban J connectivity index is 2.18. The van der Waals surface area contributed by atoms with Crippen LogP contribution < -0.4 is 0 Å². The van der Waals surface area contributed by atoms with E-state index in [1.807, 2.05) is 18.2 Å². The minimum Gasteiger partial charge on any atom is -0.462 e. The molecule has 0 aliphatic carbocycles. The van der Waals surface area contributed by atoms with Gasteiger partial charge in [0.25, 0.3) is 0 Å². The minimum absolute atomic E-state index is 0.221. The highest BCUT2D eigenvalue weighted by atomic mass is 16.5. The van der Waals surface area contributed by atoms with Crippen molar-refractivity contribution in [1.82, 2.24) is 0 Å². The number of esters is 1. The van der Waals surface area contributed by atoms with E-state index in [0.717, 1.165) is 19.3 Å². The molecule has 0 saturated carbocycles. The van der Waals surface area contributed by atoms with Gasteiger partial charge in [0, 0.05) is 0 Å². The fourth-order valence-electron chi connectivity index (χ4n) is 1.58. The molecule has 0 aromatic heterocycles. The van der Waals surface area contributed by atoms with Crippen molar-refractivity contribution in [2.24, 2.45) is 5.41 Å². The van der Waals surface area contributed by atoms with Gasteiger partial charge in [0.05, 0.1) is 12.2 Å². The smallest absolute Gasteiger partial charge is 0.338 e. The molecule has 0 N–H and O–H groups in total. The summed E-state index contributed by atoms with van der Waals surface area (Å²) >= 11 is 0. The predicted octanol–water partition coefficient (Wildman–Crippen LogP) is 4.06. The predicted molar refractivity (Wildman–Crippen MR) is 70.0 cm³/mol. The Kier molecular flexibility index (Phi) is 5.20. The van der Waals surface area contributed by atoms with Crippen LogP contribution in [-0.2, 0) is 4.74 Å².